The van der Waals surface area contributed by atoms with Gasteiger partial charge in [-0.05, 0) is 48.4 Å². The van der Waals surface area contributed by atoms with Crippen molar-refractivity contribution in [2.24, 2.45) is 5.41 Å². The number of H-pyrrole nitrogens is 1. The molecule has 0 radical (unpaired) electrons. The normalized spacial score (nSPS) is 14.2. The molecule has 4 rings (SSSR count). The van der Waals surface area contributed by atoms with Crippen LogP contribution in [0.5, 0.6) is 0 Å². The van der Waals surface area contributed by atoms with Gasteiger partial charge < -0.3 is 16.0 Å². The second kappa shape index (κ2) is 10.0. The number of aromatic amines is 1. The summed E-state index contributed by atoms with van der Waals surface area (Å²) in [5.41, 5.74) is 5.62. The highest BCUT2D eigenvalue weighted by Gasteiger charge is 2.29. The van der Waals surface area contributed by atoms with Crippen LogP contribution in [0.3, 0.4) is 0 Å². The summed E-state index contributed by atoms with van der Waals surface area (Å²) in [5, 5.41) is 16.6. The van der Waals surface area contributed by atoms with Crippen LogP contribution < -0.4 is 16.0 Å². The Morgan fingerprint density at radius 3 is 2.76 bits per heavy atom. The lowest BCUT2D eigenvalue weighted by atomic mass is 9.76. The zero-order valence-corrected chi connectivity index (χ0v) is 19.9. The first kappa shape index (κ1) is 23.4. The summed E-state index contributed by atoms with van der Waals surface area (Å²) in [6, 6.07) is 7.57. The fourth-order valence-electron chi connectivity index (χ4n) is 4.16. The van der Waals surface area contributed by atoms with Gasteiger partial charge in [-0.25, -0.2) is 4.98 Å². The smallest absolute Gasteiger partial charge is 0.270 e. The molecule has 178 valence electrons. The molecule has 0 unspecified atom stereocenters. The zero-order chi connectivity index (χ0) is 24.1. The number of aromatic nitrogens is 4. The van der Waals surface area contributed by atoms with Gasteiger partial charge >= 0.3 is 0 Å². The monoisotopic (exact) mass is 461 g/mol. The van der Waals surface area contributed by atoms with Crippen LogP contribution in [0, 0.1) is 5.41 Å². The first-order chi connectivity index (χ1) is 16.3. The molecule has 0 bridgehead atoms. The van der Waals surface area contributed by atoms with Gasteiger partial charge in [-0.1, -0.05) is 19.9 Å². The Morgan fingerprint density at radius 2 is 2.00 bits per heavy atom. The van der Waals surface area contributed by atoms with E-state index in [9.17, 15) is 9.59 Å². The third-order valence-electron chi connectivity index (χ3n) is 5.97. The van der Waals surface area contributed by atoms with Gasteiger partial charge in [0.25, 0.3) is 5.91 Å². The molecule has 0 aliphatic heterocycles. The molecule has 3 heterocycles. The van der Waals surface area contributed by atoms with E-state index in [1.165, 1.54) is 12.5 Å². The van der Waals surface area contributed by atoms with Crippen molar-refractivity contribution in [2.45, 2.75) is 46.6 Å². The first-order valence-electron chi connectivity index (χ1n) is 11.5. The molecule has 0 aromatic carbocycles. The molecule has 0 spiro atoms. The van der Waals surface area contributed by atoms with Gasteiger partial charge in [0.1, 0.15) is 11.5 Å². The molecule has 9 nitrogen and oxygen atoms in total. The van der Waals surface area contributed by atoms with Gasteiger partial charge in [0.05, 0.1) is 5.69 Å². The van der Waals surface area contributed by atoms with Gasteiger partial charge in [0, 0.05) is 55.8 Å². The van der Waals surface area contributed by atoms with Gasteiger partial charge in [-0.2, -0.15) is 5.10 Å². The van der Waals surface area contributed by atoms with E-state index in [-0.39, 0.29) is 17.2 Å². The summed E-state index contributed by atoms with van der Waals surface area (Å²) in [4.78, 5) is 32.6. The fourth-order valence-corrected chi connectivity index (χ4v) is 4.16. The number of nitrogens with one attached hydrogen (secondary N) is 4. The molecule has 0 atom stereocenters. The molecule has 3 aromatic heterocycles. The Balaban J connectivity index is 1.60. The molecule has 0 fully saturated rings. The molecule has 0 saturated heterocycles. The van der Waals surface area contributed by atoms with Crippen molar-refractivity contribution in [3.05, 3.63) is 59.2 Å². The SMILES string of the molecule is CC(=O)NCCNC(=O)c1cc(-c2n[nH]c3c2CCC(C)(C)C3)cc(NCc2cccnc2)n1. The van der Waals surface area contributed by atoms with E-state index < -0.39 is 0 Å². The van der Waals surface area contributed by atoms with Crippen LogP contribution >= 0.6 is 0 Å². The number of hydrogen-bond donors (Lipinski definition) is 4. The number of nitrogens with zero attached hydrogens (tertiary/aromatic N) is 3. The number of carbonyl (C=O) groups excluding carboxylic acids is 2. The summed E-state index contributed by atoms with van der Waals surface area (Å²) in [6.45, 7) is 7.18. The Morgan fingerprint density at radius 1 is 1.18 bits per heavy atom. The van der Waals surface area contributed by atoms with Crippen LogP contribution in [0.2, 0.25) is 0 Å². The van der Waals surface area contributed by atoms with E-state index in [1.54, 1.807) is 18.5 Å². The van der Waals surface area contributed by atoms with Crippen molar-refractivity contribution >= 4 is 17.6 Å². The molecule has 9 heteroatoms. The van der Waals surface area contributed by atoms with Gasteiger partial charge in [-0.15, -0.1) is 0 Å². The number of pyridine rings is 2. The van der Waals surface area contributed by atoms with Crippen LogP contribution in [0.4, 0.5) is 5.82 Å². The molecule has 0 saturated carbocycles. The number of anilines is 1. The van der Waals surface area contributed by atoms with Crippen molar-refractivity contribution in [3.63, 3.8) is 0 Å². The standard InChI is InChI=1S/C25H31N7O2/c1-16(33)27-9-10-28-24(34)20-11-18(12-22(30-20)29-15-17-5-4-8-26-14-17)23-19-6-7-25(2,3)13-21(19)31-32-23/h4-5,8,11-12,14H,6-7,9-10,13,15H2,1-3H3,(H,27,33)(H,28,34)(H,29,30)(H,31,32). The molecule has 4 N–H and O–H groups in total. The lowest BCUT2D eigenvalue weighted by molar-refractivity contribution is -0.118. The fraction of sp³-hybridized carbons (Fsp3) is 0.400. The number of carbonyl (C=O) groups is 2. The molecule has 2 amide bonds. The van der Waals surface area contributed by atoms with E-state index in [1.807, 2.05) is 18.2 Å². The summed E-state index contributed by atoms with van der Waals surface area (Å²) < 4.78 is 0. The number of rotatable bonds is 8. The molecule has 1 aliphatic rings. The number of fused-ring (bicyclic) bond motifs is 1. The maximum atomic E-state index is 12.9. The van der Waals surface area contributed by atoms with Crippen molar-refractivity contribution in [3.8, 4) is 11.3 Å². The van der Waals surface area contributed by atoms with Crippen molar-refractivity contribution in [1.29, 1.82) is 0 Å². The van der Waals surface area contributed by atoms with E-state index in [0.29, 0.717) is 31.1 Å². The second-order valence-corrected chi connectivity index (χ2v) is 9.45. The largest absolute Gasteiger partial charge is 0.366 e. The molecular formula is C25H31N7O2. The van der Waals surface area contributed by atoms with Crippen LogP contribution in [-0.2, 0) is 24.2 Å². The quantitative estimate of drug-likeness (QED) is 0.382. The lowest BCUT2D eigenvalue weighted by Crippen LogP contribution is -2.34. The zero-order valence-electron chi connectivity index (χ0n) is 19.9. The summed E-state index contributed by atoms with van der Waals surface area (Å²) in [5.74, 6) is 0.145. The van der Waals surface area contributed by atoms with Crippen LogP contribution in [0.1, 0.15) is 54.5 Å². The second-order valence-electron chi connectivity index (χ2n) is 9.45. The Kier molecular flexibility index (Phi) is 6.90. The lowest BCUT2D eigenvalue weighted by Gasteiger charge is -2.29. The van der Waals surface area contributed by atoms with E-state index in [4.69, 9.17) is 0 Å². The van der Waals surface area contributed by atoms with E-state index in [0.717, 1.165) is 41.8 Å². The highest BCUT2D eigenvalue weighted by atomic mass is 16.2. The highest BCUT2D eigenvalue weighted by molar-refractivity contribution is 5.94. The molecule has 1 aliphatic carbocycles. The summed E-state index contributed by atoms with van der Waals surface area (Å²) >= 11 is 0. The average Bonchev–Trinajstić information content (AvgIpc) is 3.22. The number of hydrogen-bond acceptors (Lipinski definition) is 6. The minimum absolute atomic E-state index is 0.136. The van der Waals surface area contributed by atoms with Crippen LogP contribution in [0.25, 0.3) is 11.3 Å². The molecule has 34 heavy (non-hydrogen) atoms. The van der Waals surface area contributed by atoms with Gasteiger partial charge in [0.15, 0.2) is 0 Å². The molecule has 3 aromatic rings. The Labute approximate surface area is 199 Å². The Bertz CT molecular complexity index is 1170. The summed E-state index contributed by atoms with van der Waals surface area (Å²) in [7, 11) is 0. The van der Waals surface area contributed by atoms with Crippen molar-refractivity contribution in [1.82, 2.24) is 30.8 Å². The highest BCUT2D eigenvalue weighted by Crippen LogP contribution is 2.38. The predicted molar refractivity (Wildman–Crippen MR) is 130 cm³/mol. The van der Waals surface area contributed by atoms with Crippen LogP contribution in [-0.4, -0.2) is 45.1 Å². The van der Waals surface area contributed by atoms with Gasteiger partial charge in [0.2, 0.25) is 5.91 Å². The van der Waals surface area contributed by atoms with Crippen LogP contribution in [0.15, 0.2) is 36.7 Å². The maximum Gasteiger partial charge on any atom is 0.270 e. The topological polar surface area (TPSA) is 125 Å². The third kappa shape index (κ3) is 5.78. The van der Waals surface area contributed by atoms with E-state index >= 15 is 0 Å². The predicted octanol–water partition coefficient (Wildman–Crippen LogP) is 2.86. The summed E-state index contributed by atoms with van der Waals surface area (Å²) in [6.07, 6.45) is 6.49. The maximum absolute atomic E-state index is 12.9. The number of amides is 2. The third-order valence-corrected chi connectivity index (χ3v) is 5.97. The van der Waals surface area contributed by atoms with Gasteiger partial charge in [-0.3, -0.25) is 19.7 Å². The minimum Gasteiger partial charge on any atom is -0.366 e. The molecular weight excluding hydrogens is 430 g/mol. The Hall–Kier alpha value is -3.75. The van der Waals surface area contributed by atoms with E-state index in [2.05, 4.69) is 50.0 Å². The van der Waals surface area contributed by atoms with Crippen molar-refractivity contribution < 1.29 is 9.59 Å². The van der Waals surface area contributed by atoms with Crippen molar-refractivity contribution in [2.75, 3.05) is 18.4 Å². The first-order valence-corrected chi connectivity index (χ1v) is 11.5. The average molecular weight is 462 g/mol. The minimum atomic E-state index is -0.304.